The van der Waals surface area contributed by atoms with Crippen LogP contribution in [0.15, 0.2) is 156 Å². The third-order valence-electron chi connectivity index (χ3n) is 11.5. The average molecular weight is 658 g/mol. The number of aryl methyl sites for hydroxylation is 2. The van der Waals surface area contributed by atoms with E-state index in [2.05, 4.69) is 170 Å². The Hall–Kier alpha value is -5.86. The van der Waals surface area contributed by atoms with E-state index < -0.39 is 0 Å². The Labute approximate surface area is 299 Å². The van der Waals surface area contributed by atoms with E-state index in [0.717, 1.165) is 45.4 Å². The highest BCUT2D eigenvalue weighted by Gasteiger charge is 2.37. The van der Waals surface area contributed by atoms with E-state index in [9.17, 15) is 0 Å². The quantitative estimate of drug-likeness (QED) is 0.183. The minimum Gasteiger partial charge on any atom is -0.454 e. The molecule has 1 heterocycles. The Morgan fingerprint density at radius 2 is 1.20 bits per heavy atom. The number of hydrogen-bond donors (Lipinski definition) is 0. The molecule has 10 rings (SSSR count). The summed E-state index contributed by atoms with van der Waals surface area (Å²) < 4.78 is 6.76. The summed E-state index contributed by atoms with van der Waals surface area (Å²) in [6.45, 7) is 4.75. The Kier molecular flexibility index (Phi) is 6.83. The Balaban J connectivity index is 1.27. The van der Waals surface area contributed by atoms with Crippen molar-refractivity contribution in [2.75, 3.05) is 4.90 Å². The molecule has 0 saturated carbocycles. The van der Waals surface area contributed by atoms with Gasteiger partial charge in [-0.3, -0.25) is 0 Å². The van der Waals surface area contributed by atoms with Gasteiger partial charge in [0.1, 0.15) is 5.58 Å². The molecule has 246 valence electrons. The monoisotopic (exact) mass is 657 g/mol. The number of anilines is 3. The van der Waals surface area contributed by atoms with Crippen molar-refractivity contribution in [3.63, 3.8) is 0 Å². The summed E-state index contributed by atoms with van der Waals surface area (Å²) in [7, 11) is 0. The highest BCUT2D eigenvalue weighted by atomic mass is 16.3. The van der Waals surface area contributed by atoms with Gasteiger partial charge >= 0.3 is 0 Å². The van der Waals surface area contributed by atoms with Crippen molar-refractivity contribution in [1.29, 1.82) is 0 Å². The molecule has 0 amide bonds. The number of benzene rings is 7. The van der Waals surface area contributed by atoms with Crippen molar-refractivity contribution in [2.24, 2.45) is 0 Å². The zero-order valence-electron chi connectivity index (χ0n) is 29.1. The summed E-state index contributed by atoms with van der Waals surface area (Å²) in [5.74, 6) is 0. The first-order valence-corrected chi connectivity index (χ1v) is 18.3. The predicted molar refractivity (Wildman–Crippen MR) is 213 cm³/mol. The first kappa shape index (κ1) is 30.0. The predicted octanol–water partition coefficient (Wildman–Crippen LogP) is 13.6. The van der Waals surface area contributed by atoms with Gasteiger partial charge in [-0.1, -0.05) is 129 Å². The molecule has 1 aromatic heterocycles. The highest BCUT2D eigenvalue weighted by molar-refractivity contribution is 6.11. The van der Waals surface area contributed by atoms with Crippen molar-refractivity contribution >= 4 is 39.0 Å². The summed E-state index contributed by atoms with van der Waals surface area (Å²) in [6.07, 6.45) is 4.84. The molecule has 0 radical (unpaired) electrons. The van der Waals surface area contributed by atoms with E-state index in [1.54, 1.807) is 0 Å². The molecule has 0 saturated heterocycles. The summed E-state index contributed by atoms with van der Waals surface area (Å²) in [5, 5.41) is 2.26. The van der Waals surface area contributed by atoms with E-state index in [4.69, 9.17) is 4.42 Å². The van der Waals surface area contributed by atoms with Gasteiger partial charge < -0.3 is 9.32 Å². The van der Waals surface area contributed by atoms with E-state index in [-0.39, 0.29) is 5.41 Å². The first-order valence-electron chi connectivity index (χ1n) is 18.3. The van der Waals surface area contributed by atoms with Crippen molar-refractivity contribution in [3.05, 3.63) is 174 Å². The second-order valence-electron chi connectivity index (χ2n) is 14.8. The molecule has 2 heteroatoms. The van der Waals surface area contributed by atoms with Gasteiger partial charge in [0.05, 0.1) is 11.4 Å². The number of furan rings is 1. The van der Waals surface area contributed by atoms with Crippen molar-refractivity contribution in [2.45, 2.75) is 44.9 Å². The average Bonchev–Trinajstić information content (AvgIpc) is 3.67. The van der Waals surface area contributed by atoms with Crippen molar-refractivity contribution in [3.8, 4) is 33.4 Å². The van der Waals surface area contributed by atoms with Crippen LogP contribution in [-0.2, 0) is 18.3 Å². The molecule has 2 aliphatic carbocycles. The molecule has 0 spiro atoms. The lowest BCUT2D eigenvalue weighted by molar-refractivity contribution is 0.660. The normalized spacial score (nSPS) is 14.3. The first-order chi connectivity index (χ1) is 25.0. The van der Waals surface area contributed by atoms with Crippen LogP contribution < -0.4 is 4.90 Å². The maximum absolute atomic E-state index is 6.76. The van der Waals surface area contributed by atoms with Crippen LogP contribution in [0, 0.1) is 0 Å². The fourth-order valence-electron chi connectivity index (χ4n) is 8.80. The van der Waals surface area contributed by atoms with Gasteiger partial charge in [-0.15, -0.1) is 0 Å². The van der Waals surface area contributed by atoms with Crippen LogP contribution in [0.3, 0.4) is 0 Å². The number of fused-ring (bicyclic) bond motifs is 7. The van der Waals surface area contributed by atoms with Crippen LogP contribution in [0.5, 0.6) is 0 Å². The van der Waals surface area contributed by atoms with Crippen LogP contribution in [0.25, 0.3) is 55.3 Å². The molecule has 7 aromatic carbocycles. The van der Waals surface area contributed by atoms with Crippen LogP contribution in [-0.4, -0.2) is 0 Å². The number of nitrogens with zero attached hydrogens (tertiary/aromatic N) is 1. The lowest BCUT2D eigenvalue weighted by Gasteiger charge is -2.31. The van der Waals surface area contributed by atoms with Gasteiger partial charge in [0.2, 0.25) is 0 Å². The summed E-state index contributed by atoms with van der Waals surface area (Å²) in [6, 6.07) is 55.8. The summed E-state index contributed by atoms with van der Waals surface area (Å²) in [5.41, 5.74) is 18.2. The molecule has 0 fully saturated rings. The van der Waals surface area contributed by atoms with Crippen LogP contribution in [0.4, 0.5) is 17.1 Å². The molecule has 0 unspecified atom stereocenters. The lowest BCUT2D eigenvalue weighted by Crippen LogP contribution is -2.17. The lowest BCUT2D eigenvalue weighted by atomic mass is 9.81. The fraction of sp³-hybridized carbons (Fsp3) is 0.143. The van der Waals surface area contributed by atoms with E-state index >= 15 is 0 Å². The standard InChI is InChI=1S/C49H39NO/c1-49(2)43-20-10-8-17-38(43)42-30-41(36-24-23-33-15-6-7-16-35(33)29-36)46(31-44(42)49)50(37-27-25-34(26-28-37)32-13-4-3-5-14-32)45-21-12-19-40-39-18-9-11-22-47(39)51-48(40)45/h3-5,8-14,17-31H,6-7,15-16H2,1-2H3. The van der Waals surface area contributed by atoms with Gasteiger partial charge in [-0.2, -0.15) is 0 Å². The third-order valence-corrected chi connectivity index (χ3v) is 11.5. The van der Waals surface area contributed by atoms with Crippen LogP contribution in [0.1, 0.15) is 48.9 Å². The summed E-state index contributed by atoms with van der Waals surface area (Å²) in [4.78, 5) is 2.45. The van der Waals surface area contributed by atoms with Gasteiger partial charge in [-0.05, 0) is 112 Å². The van der Waals surface area contributed by atoms with Gasteiger partial charge in [0.15, 0.2) is 5.58 Å². The van der Waals surface area contributed by atoms with Crippen molar-refractivity contribution < 1.29 is 4.42 Å². The van der Waals surface area contributed by atoms with E-state index in [1.807, 2.05) is 0 Å². The Bertz CT molecular complexity index is 2610. The van der Waals surface area contributed by atoms with E-state index in [1.165, 1.54) is 74.9 Å². The highest BCUT2D eigenvalue weighted by Crippen LogP contribution is 2.54. The molecule has 2 aliphatic rings. The van der Waals surface area contributed by atoms with Gasteiger partial charge in [0, 0.05) is 27.4 Å². The largest absolute Gasteiger partial charge is 0.454 e. The Morgan fingerprint density at radius 1 is 0.490 bits per heavy atom. The number of para-hydroxylation sites is 2. The van der Waals surface area contributed by atoms with Gasteiger partial charge in [-0.25, -0.2) is 0 Å². The molecule has 51 heavy (non-hydrogen) atoms. The third kappa shape index (κ3) is 4.77. The topological polar surface area (TPSA) is 16.4 Å². The molecule has 0 N–H and O–H groups in total. The maximum Gasteiger partial charge on any atom is 0.159 e. The fourth-order valence-corrected chi connectivity index (χ4v) is 8.80. The number of rotatable bonds is 5. The zero-order chi connectivity index (χ0) is 34.1. The molecule has 0 atom stereocenters. The maximum atomic E-state index is 6.76. The van der Waals surface area contributed by atoms with Crippen molar-refractivity contribution in [1.82, 2.24) is 0 Å². The van der Waals surface area contributed by atoms with Crippen LogP contribution >= 0.6 is 0 Å². The molecule has 2 nitrogen and oxygen atoms in total. The molecule has 0 aliphatic heterocycles. The number of hydrogen-bond acceptors (Lipinski definition) is 2. The minimum absolute atomic E-state index is 0.150. The smallest absolute Gasteiger partial charge is 0.159 e. The minimum atomic E-state index is -0.150. The zero-order valence-corrected chi connectivity index (χ0v) is 29.1. The SMILES string of the molecule is CC1(C)c2ccccc2-c2cc(-c3ccc4c(c3)CCCC4)c(N(c3ccc(-c4ccccc4)cc3)c3cccc4c3oc3ccccc34)cc21. The second kappa shape index (κ2) is 11.6. The molecule has 0 bridgehead atoms. The van der Waals surface area contributed by atoms with E-state index in [0.29, 0.717) is 0 Å². The molecular formula is C49H39NO. The molecule has 8 aromatic rings. The second-order valence-corrected chi connectivity index (χ2v) is 14.8. The molecular weight excluding hydrogens is 619 g/mol. The Morgan fingerprint density at radius 3 is 2.06 bits per heavy atom. The van der Waals surface area contributed by atoms with Gasteiger partial charge in [0.25, 0.3) is 0 Å². The summed E-state index contributed by atoms with van der Waals surface area (Å²) >= 11 is 0. The van der Waals surface area contributed by atoms with Crippen LogP contribution in [0.2, 0.25) is 0 Å².